The predicted octanol–water partition coefficient (Wildman–Crippen LogP) is 3.88. The summed E-state index contributed by atoms with van der Waals surface area (Å²) >= 11 is 12.0. The quantitative estimate of drug-likeness (QED) is 0.540. The fourth-order valence-corrected chi connectivity index (χ4v) is 3.12. The van der Waals surface area contributed by atoms with Crippen molar-refractivity contribution in [3.05, 3.63) is 63.5 Å². The third-order valence-corrected chi connectivity index (χ3v) is 4.86. The van der Waals surface area contributed by atoms with E-state index in [1.54, 1.807) is 43.6 Å². The Hall–Kier alpha value is -2.84. The Morgan fingerprint density at radius 1 is 1.06 bits per heavy atom. The van der Waals surface area contributed by atoms with Crippen molar-refractivity contribution in [3.8, 4) is 0 Å². The van der Waals surface area contributed by atoms with Gasteiger partial charge in [-0.1, -0.05) is 29.3 Å². The molecule has 164 valence electrons. The number of benzene rings is 1. The van der Waals surface area contributed by atoms with Crippen molar-refractivity contribution >= 4 is 40.8 Å². The van der Waals surface area contributed by atoms with E-state index < -0.39 is 11.7 Å². The average Bonchev–Trinajstić information content (AvgIpc) is 3.10. The van der Waals surface area contributed by atoms with E-state index in [4.69, 9.17) is 27.9 Å². The van der Waals surface area contributed by atoms with Crippen LogP contribution in [0.15, 0.2) is 36.8 Å². The molecule has 8 nitrogen and oxygen atoms in total. The maximum atomic E-state index is 12.5. The Labute approximate surface area is 189 Å². The average molecular weight is 464 g/mol. The van der Waals surface area contributed by atoms with E-state index in [1.165, 1.54) is 6.20 Å². The lowest BCUT2D eigenvalue weighted by atomic mass is 10.1. The van der Waals surface area contributed by atoms with E-state index in [9.17, 15) is 9.59 Å². The molecule has 0 fully saturated rings. The largest absolute Gasteiger partial charge is 0.444 e. The number of hydrogen-bond donors (Lipinski definition) is 2. The van der Waals surface area contributed by atoms with Crippen LogP contribution < -0.4 is 10.6 Å². The van der Waals surface area contributed by atoms with Crippen molar-refractivity contribution in [2.75, 3.05) is 13.1 Å². The standard InChI is InChI=1S/C21H23Cl2N5O3/c1-21(2,3)31-20(30)25-7-6-24-19(29)15-11-27-28-12-14(10-26-18(15)28)8-13-4-5-16(22)17(23)9-13/h4-5,9-12H,6-8H2,1-3H3,(H,24,29)(H,25,30). The number of aromatic nitrogens is 3. The number of nitrogens with zero attached hydrogens (tertiary/aromatic N) is 3. The number of fused-ring (bicyclic) bond motifs is 1. The number of rotatable bonds is 6. The summed E-state index contributed by atoms with van der Waals surface area (Å²) in [7, 11) is 0. The summed E-state index contributed by atoms with van der Waals surface area (Å²) in [4.78, 5) is 28.5. The van der Waals surface area contributed by atoms with Crippen LogP contribution in [0.3, 0.4) is 0 Å². The summed E-state index contributed by atoms with van der Waals surface area (Å²) in [5, 5.41) is 10.5. The van der Waals surface area contributed by atoms with E-state index in [2.05, 4.69) is 20.7 Å². The molecule has 1 aromatic carbocycles. The van der Waals surface area contributed by atoms with Crippen LogP contribution >= 0.6 is 23.2 Å². The Kier molecular flexibility index (Phi) is 7.02. The Balaban J connectivity index is 1.58. The highest BCUT2D eigenvalue weighted by Crippen LogP contribution is 2.24. The third kappa shape index (κ3) is 6.32. The second-order valence-corrected chi connectivity index (χ2v) is 8.71. The highest BCUT2D eigenvalue weighted by molar-refractivity contribution is 6.42. The first-order valence-corrected chi connectivity index (χ1v) is 10.4. The van der Waals surface area contributed by atoms with E-state index in [0.29, 0.717) is 27.7 Å². The predicted molar refractivity (Wildman–Crippen MR) is 119 cm³/mol. The van der Waals surface area contributed by atoms with E-state index >= 15 is 0 Å². The molecule has 2 heterocycles. The Bertz CT molecular complexity index is 1110. The smallest absolute Gasteiger partial charge is 0.407 e. The molecule has 2 N–H and O–H groups in total. The molecular weight excluding hydrogens is 441 g/mol. The minimum absolute atomic E-state index is 0.237. The molecule has 0 aliphatic heterocycles. The molecule has 0 atom stereocenters. The highest BCUT2D eigenvalue weighted by atomic mass is 35.5. The van der Waals surface area contributed by atoms with Crippen LogP contribution in [0, 0.1) is 0 Å². The Morgan fingerprint density at radius 2 is 1.81 bits per heavy atom. The summed E-state index contributed by atoms with van der Waals surface area (Å²) in [6, 6.07) is 5.45. The molecule has 0 radical (unpaired) electrons. The molecule has 0 aliphatic carbocycles. The van der Waals surface area contributed by atoms with Gasteiger partial charge in [-0.2, -0.15) is 5.10 Å². The molecule has 3 aromatic rings. The van der Waals surface area contributed by atoms with Gasteiger partial charge in [0.25, 0.3) is 5.91 Å². The number of hydrogen-bond acceptors (Lipinski definition) is 5. The third-order valence-electron chi connectivity index (χ3n) is 4.13. The van der Waals surface area contributed by atoms with Crippen molar-refractivity contribution in [2.24, 2.45) is 0 Å². The molecule has 0 saturated carbocycles. The van der Waals surface area contributed by atoms with Gasteiger partial charge in [-0.05, 0) is 44.0 Å². The minimum Gasteiger partial charge on any atom is -0.444 e. The van der Waals surface area contributed by atoms with Gasteiger partial charge < -0.3 is 15.4 Å². The molecular formula is C21H23Cl2N5O3. The van der Waals surface area contributed by atoms with Crippen LogP contribution in [-0.4, -0.2) is 45.3 Å². The van der Waals surface area contributed by atoms with Crippen molar-refractivity contribution in [2.45, 2.75) is 32.8 Å². The number of carbonyl (C=O) groups is 2. The van der Waals surface area contributed by atoms with Crippen LogP contribution in [0.4, 0.5) is 4.79 Å². The first-order valence-electron chi connectivity index (χ1n) is 9.63. The lowest BCUT2D eigenvalue weighted by Crippen LogP contribution is -2.37. The van der Waals surface area contributed by atoms with Gasteiger partial charge in [-0.15, -0.1) is 0 Å². The normalized spacial score (nSPS) is 11.4. The van der Waals surface area contributed by atoms with E-state index in [-0.39, 0.29) is 19.0 Å². The molecule has 2 amide bonds. The first kappa shape index (κ1) is 22.8. The maximum absolute atomic E-state index is 12.5. The van der Waals surface area contributed by atoms with Gasteiger partial charge in [0, 0.05) is 31.9 Å². The summed E-state index contributed by atoms with van der Waals surface area (Å²) in [5.74, 6) is -0.328. The monoisotopic (exact) mass is 463 g/mol. The van der Waals surface area contributed by atoms with Gasteiger partial charge in [0.2, 0.25) is 0 Å². The summed E-state index contributed by atoms with van der Waals surface area (Å²) in [5.41, 5.74) is 2.10. The molecule has 0 aliphatic rings. The number of carbonyl (C=O) groups excluding carboxylic acids is 2. The molecule has 0 bridgehead atoms. The second kappa shape index (κ2) is 9.53. The highest BCUT2D eigenvalue weighted by Gasteiger charge is 2.17. The fraction of sp³-hybridized carbons (Fsp3) is 0.333. The molecule has 0 unspecified atom stereocenters. The van der Waals surface area contributed by atoms with Gasteiger partial charge in [0.1, 0.15) is 11.2 Å². The first-order chi connectivity index (χ1) is 14.6. The number of alkyl carbamates (subject to hydrolysis) is 1. The molecule has 31 heavy (non-hydrogen) atoms. The van der Waals surface area contributed by atoms with Gasteiger partial charge in [0.05, 0.1) is 16.2 Å². The lowest BCUT2D eigenvalue weighted by Gasteiger charge is -2.19. The Morgan fingerprint density at radius 3 is 2.52 bits per heavy atom. The SMILES string of the molecule is CC(C)(C)OC(=O)NCCNC(=O)c1cnn2cc(Cc3ccc(Cl)c(Cl)c3)cnc12. The molecule has 10 heteroatoms. The zero-order chi connectivity index (χ0) is 22.6. The van der Waals surface area contributed by atoms with Crippen LogP contribution in [0.5, 0.6) is 0 Å². The summed E-state index contributed by atoms with van der Waals surface area (Å²) in [6.45, 7) is 5.82. The van der Waals surface area contributed by atoms with Gasteiger partial charge in [-0.3, -0.25) is 4.79 Å². The van der Waals surface area contributed by atoms with E-state index in [1.807, 2.05) is 12.3 Å². The zero-order valence-electron chi connectivity index (χ0n) is 17.4. The molecule has 0 spiro atoms. The number of ether oxygens (including phenoxy) is 1. The van der Waals surface area contributed by atoms with Gasteiger partial charge >= 0.3 is 6.09 Å². The van der Waals surface area contributed by atoms with Gasteiger partial charge in [0.15, 0.2) is 5.65 Å². The second-order valence-electron chi connectivity index (χ2n) is 7.90. The number of amides is 2. The maximum Gasteiger partial charge on any atom is 0.407 e. The number of halogens is 2. The molecule has 2 aromatic heterocycles. The summed E-state index contributed by atoms with van der Waals surface area (Å²) in [6.07, 6.45) is 5.03. The van der Waals surface area contributed by atoms with Crippen LogP contribution in [0.1, 0.15) is 42.3 Å². The van der Waals surface area contributed by atoms with Crippen molar-refractivity contribution in [1.29, 1.82) is 0 Å². The fourth-order valence-electron chi connectivity index (χ4n) is 2.80. The minimum atomic E-state index is -0.575. The topological polar surface area (TPSA) is 97.6 Å². The van der Waals surface area contributed by atoms with Crippen molar-refractivity contribution in [3.63, 3.8) is 0 Å². The number of nitrogens with one attached hydrogen (secondary N) is 2. The van der Waals surface area contributed by atoms with Crippen LogP contribution in [0.25, 0.3) is 5.65 Å². The van der Waals surface area contributed by atoms with Crippen molar-refractivity contribution < 1.29 is 14.3 Å². The molecule has 3 rings (SSSR count). The summed E-state index contributed by atoms with van der Waals surface area (Å²) < 4.78 is 6.70. The van der Waals surface area contributed by atoms with E-state index in [0.717, 1.165) is 11.1 Å². The lowest BCUT2D eigenvalue weighted by molar-refractivity contribution is 0.0526. The molecule has 0 saturated heterocycles. The van der Waals surface area contributed by atoms with Crippen molar-refractivity contribution in [1.82, 2.24) is 25.2 Å². The zero-order valence-corrected chi connectivity index (χ0v) is 18.9. The van der Waals surface area contributed by atoms with Gasteiger partial charge in [-0.25, -0.2) is 14.3 Å². The van der Waals surface area contributed by atoms with Crippen LogP contribution in [0.2, 0.25) is 10.0 Å². The van der Waals surface area contributed by atoms with Crippen LogP contribution in [-0.2, 0) is 11.2 Å².